The highest BCUT2D eigenvalue weighted by molar-refractivity contribution is 9.10. The summed E-state index contributed by atoms with van der Waals surface area (Å²) in [6.07, 6.45) is 3.87. The van der Waals surface area contributed by atoms with Gasteiger partial charge in [-0.3, -0.25) is 14.4 Å². The fourth-order valence-electron chi connectivity index (χ4n) is 6.27. The van der Waals surface area contributed by atoms with Gasteiger partial charge in [-0.25, -0.2) is 4.90 Å². The van der Waals surface area contributed by atoms with Gasteiger partial charge in [0.1, 0.15) is 6.04 Å². The van der Waals surface area contributed by atoms with Crippen molar-refractivity contribution in [2.45, 2.75) is 12.1 Å². The van der Waals surface area contributed by atoms with Crippen LogP contribution in [0.5, 0.6) is 0 Å². The summed E-state index contributed by atoms with van der Waals surface area (Å²) < 4.78 is 0.853. The number of imide groups is 1. The van der Waals surface area contributed by atoms with Crippen LogP contribution in [0.15, 0.2) is 95.5 Å². The van der Waals surface area contributed by atoms with Gasteiger partial charge in [-0.15, -0.1) is 0 Å². The average Bonchev–Trinajstić information content (AvgIpc) is 3.40. The minimum atomic E-state index is -0.840. The third kappa shape index (κ3) is 3.33. The molecule has 0 saturated carbocycles. The van der Waals surface area contributed by atoms with Gasteiger partial charge in [0, 0.05) is 26.1 Å². The van der Waals surface area contributed by atoms with Crippen LogP contribution in [0.2, 0.25) is 5.02 Å². The van der Waals surface area contributed by atoms with Crippen LogP contribution in [0.4, 0.5) is 11.4 Å². The van der Waals surface area contributed by atoms with Gasteiger partial charge in [0.05, 0.1) is 23.6 Å². The molecule has 4 aromatic carbocycles. The van der Waals surface area contributed by atoms with Crippen molar-refractivity contribution in [3.05, 3.63) is 112 Å². The molecule has 0 unspecified atom stereocenters. The minimum absolute atomic E-state index is 0.188. The molecule has 38 heavy (non-hydrogen) atoms. The van der Waals surface area contributed by atoms with Gasteiger partial charge in [0.2, 0.25) is 11.8 Å². The number of carbonyl (C=O) groups excluding carboxylic acids is 3. The van der Waals surface area contributed by atoms with Crippen molar-refractivity contribution < 1.29 is 14.4 Å². The van der Waals surface area contributed by atoms with Crippen molar-refractivity contribution in [3.63, 3.8) is 0 Å². The van der Waals surface area contributed by atoms with Crippen LogP contribution >= 0.6 is 27.5 Å². The number of amides is 2. The summed E-state index contributed by atoms with van der Waals surface area (Å²) in [5.41, 5.74) is 2.70. The highest BCUT2D eigenvalue weighted by Gasteiger charge is 2.64. The Morgan fingerprint density at radius 1 is 0.816 bits per heavy atom. The molecule has 0 bridgehead atoms. The molecular weight excluding hydrogens is 564 g/mol. The number of hydrogen-bond donors (Lipinski definition) is 0. The van der Waals surface area contributed by atoms with E-state index in [0.717, 1.165) is 26.5 Å². The molecule has 186 valence electrons. The third-order valence-corrected chi connectivity index (χ3v) is 8.64. The largest absolute Gasteiger partial charge is 0.352 e. The molecule has 7 rings (SSSR count). The number of nitrogens with zero attached hydrogens (tertiary/aromatic N) is 2. The van der Waals surface area contributed by atoms with E-state index in [2.05, 4.69) is 15.9 Å². The summed E-state index contributed by atoms with van der Waals surface area (Å²) in [5.74, 6) is -2.32. The second-order valence-electron chi connectivity index (χ2n) is 9.84. The van der Waals surface area contributed by atoms with Crippen molar-refractivity contribution >= 4 is 73.4 Å². The number of carbonyl (C=O) groups is 3. The lowest BCUT2D eigenvalue weighted by Gasteiger charge is -2.36. The fraction of sp³-hybridized carbons (Fsp3) is 0.129. The first-order chi connectivity index (χ1) is 18.4. The van der Waals surface area contributed by atoms with E-state index in [-0.39, 0.29) is 17.6 Å². The summed E-state index contributed by atoms with van der Waals surface area (Å²) >= 11 is 9.70. The summed E-state index contributed by atoms with van der Waals surface area (Å²) in [5, 5.41) is 2.34. The van der Waals surface area contributed by atoms with Gasteiger partial charge < -0.3 is 4.90 Å². The number of rotatable bonds is 3. The number of hydrogen-bond acceptors (Lipinski definition) is 4. The molecule has 5 nitrogen and oxygen atoms in total. The van der Waals surface area contributed by atoms with E-state index in [1.165, 1.54) is 4.90 Å². The Kier molecular flexibility index (Phi) is 5.32. The van der Waals surface area contributed by atoms with Crippen LogP contribution in [0.25, 0.3) is 16.8 Å². The maximum absolute atomic E-state index is 14.2. The Balaban J connectivity index is 1.39. The molecule has 3 aliphatic heterocycles. The van der Waals surface area contributed by atoms with Crippen molar-refractivity contribution in [1.82, 2.24) is 0 Å². The standard InChI is InChI=1S/C31H20BrClN2O3/c32-20-11-8-18(9-12-20)29(36)28-27-26(25-14-10-19-16-21(33)13-15-23(19)34(25)28)30(37)35(31(27)38)24-7-3-5-17-4-1-2-6-22(17)24/h1-16,25-28H/t25-,26+,27+,28-/m0/s1. The zero-order valence-corrected chi connectivity index (χ0v) is 22.3. The Morgan fingerprint density at radius 2 is 1.55 bits per heavy atom. The highest BCUT2D eigenvalue weighted by atomic mass is 79.9. The van der Waals surface area contributed by atoms with Crippen LogP contribution in [0, 0.1) is 11.8 Å². The SMILES string of the molecule is O=C(c1ccc(Br)cc1)[C@@H]1[C@@H]2C(=O)N(c3cccc4ccccc34)C(=O)[C@@H]2[C@@H]2C=Cc3cc(Cl)ccc3N12. The molecule has 2 amide bonds. The summed E-state index contributed by atoms with van der Waals surface area (Å²) in [6, 6.07) is 24.6. The predicted octanol–water partition coefficient (Wildman–Crippen LogP) is 6.53. The van der Waals surface area contributed by atoms with Gasteiger partial charge in [0.15, 0.2) is 5.78 Å². The fourth-order valence-corrected chi connectivity index (χ4v) is 6.71. The lowest BCUT2D eigenvalue weighted by Crippen LogP contribution is -2.48. The van der Waals surface area contributed by atoms with Gasteiger partial charge in [-0.2, -0.15) is 0 Å². The number of ketones is 1. The molecule has 0 spiro atoms. The number of halogens is 2. The summed E-state index contributed by atoms with van der Waals surface area (Å²) in [7, 11) is 0. The van der Waals surface area contributed by atoms with Crippen molar-refractivity contribution in [1.29, 1.82) is 0 Å². The first-order valence-corrected chi connectivity index (χ1v) is 13.5. The van der Waals surface area contributed by atoms with E-state index in [9.17, 15) is 14.4 Å². The quantitative estimate of drug-likeness (QED) is 0.203. The average molecular weight is 584 g/mol. The van der Waals surface area contributed by atoms with Crippen LogP contribution in [-0.4, -0.2) is 29.7 Å². The Morgan fingerprint density at radius 3 is 2.37 bits per heavy atom. The van der Waals surface area contributed by atoms with E-state index in [1.54, 1.807) is 24.3 Å². The van der Waals surface area contributed by atoms with E-state index < -0.39 is 23.9 Å². The van der Waals surface area contributed by atoms with Gasteiger partial charge in [-0.05, 0) is 47.3 Å². The molecule has 0 aliphatic carbocycles. The topological polar surface area (TPSA) is 57.7 Å². The first kappa shape index (κ1) is 23.4. The molecule has 4 aromatic rings. The molecular formula is C31H20BrClN2O3. The normalized spacial score (nSPS) is 23.5. The zero-order valence-electron chi connectivity index (χ0n) is 19.9. The Bertz CT molecular complexity index is 1690. The molecule has 2 saturated heterocycles. The van der Waals surface area contributed by atoms with Crippen LogP contribution in [0.1, 0.15) is 15.9 Å². The first-order valence-electron chi connectivity index (χ1n) is 12.4. The molecule has 7 heteroatoms. The molecule has 0 N–H and O–H groups in total. The van der Waals surface area contributed by atoms with Crippen molar-refractivity contribution in [2.75, 3.05) is 9.80 Å². The van der Waals surface area contributed by atoms with Gasteiger partial charge >= 0.3 is 0 Å². The van der Waals surface area contributed by atoms with Crippen molar-refractivity contribution in [2.24, 2.45) is 11.8 Å². The second-order valence-corrected chi connectivity index (χ2v) is 11.2. The van der Waals surface area contributed by atoms with Gasteiger partial charge in [-0.1, -0.05) is 88.2 Å². The maximum atomic E-state index is 14.2. The zero-order chi connectivity index (χ0) is 26.1. The summed E-state index contributed by atoms with van der Waals surface area (Å²) in [4.78, 5) is 45.8. The monoisotopic (exact) mass is 582 g/mol. The van der Waals surface area contributed by atoms with Crippen LogP contribution < -0.4 is 9.80 Å². The van der Waals surface area contributed by atoms with E-state index in [1.807, 2.05) is 77.7 Å². The van der Waals surface area contributed by atoms with E-state index >= 15 is 0 Å². The number of fused-ring (bicyclic) bond motifs is 6. The minimum Gasteiger partial charge on any atom is -0.352 e. The number of benzene rings is 4. The summed E-state index contributed by atoms with van der Waals surface area (Å²) in [6.45, 7) is 0. The number of anilines is 2. The maximum Gasteiger partial charge on any atom is 0.240 e. The van der Waals surface area contributed by atoms with E-state index in [4.69, 9.17) is 11.6 Å². The number of Topliss-reactive ketones (excluding diaryl/α,β-unsaturated/α-hetero) is 1. The third-order valence-electron chi connectivity index (χ3n) is 7.87. The second kappa shape index (κ2) is 8.65. The molecule has 2 fully saturated rings. The molecule has 3 aliphatic rings. The lowest BCUT2D eigenvalue weighted by atomic mass is 9.86. The molecule has 0 aromatic heterocycles. The smallest absolute Gasteiger partial charge is 0.240 e. The molecule has 0 radical (unpaired) electrons. The van der Waals surface area contributed by atoms with E-state index in [0.29, 0.717) is 16.3 Å². The van der Waals surface area contributed by atoms with Crippen molar-refractivity contribution in [3.8, 4) is 0 Å². The molecule has 4 atom stereocenters. The Hall–Kier alpha value is -3.74. The van der Waals surface area contributed by atoms with Crippen LogP contribution in [0.3, 0.4) is 0 Å². The predicted molar refractivity (Wildman–Crippen MR) is 152 cm³/mol. The lowest BCUT2D eigenvalue weighted by molar-refractivity contribution is -0.122. The van der Waals surface area contributed by atoms with Crippen LogP contribution in [-0.2, 0) is 9.59 Å². The highest BCUT2D eigenvalue weighted by Crippen LogP contribution is 2.50. The molecule has 3 heterocycles. The van der Waals surface area contributed by atoms with Gasteiger partial charge in [0.25, 0.3) is 0 Å². The Labute approximate surface area is 232 Å².